The quantitative estimate of drug-likeness (QED) is 0.786. The Balaban J connectivity index is 2.19. The zero-order valence-corrected chi connectivity index (χ0v) is 9.44. The van der Waals surface area contributed by atoms with Gasteiger partial charge in [-0.3, -0.25) is 0 Å². The standard InChI is InChI=1S/C13H18FN/c1-9-6-10(2)12(13(14)7-9)8-11-4-3-5-15-11/h6-7,11,15H,3-5,8H2,1-2H3. The summed E-state index contributed by atoms with van der Waals surface area (Å²) in [6.45, 7) is 5.02. The van der Waals surface area contributed by atoms with Crippen LogP contribution in [-0.4, -0.2) is 12.6 Å². The molecule has 0 saturated carbocycles. The van der Waals surface area contributed by atoms with Gasteiger partial charge in [-0.2, -0.15) is 0 Å². The molecule has 82 valence electrons. The Morgan fingerprint density at radius 1 is 1.40 bits per heavy atom. The molecule has 1 nitrogen and oxygen atoms in total. The van der Waals surface area contributed by atoms with Gasteiger partial charge in [0.15, 0.2) is 0 Å². The van der Waals surface area contributed by atoms with Crippen molar-refractivity contribution in [2.75, 3.05) is 6.54 Å². The summed E-state index contributed by atoms with van der Waals surface area (Å²) in [5.74, 6) is -0.0406. The molecule has 1 atom stereocenters. The largest absolute Gasteiger partial charge is 0.314 e. The van der Waals surface area contributed by atoms with Gasteiger partial charge in [-0.05, 0) is 62.4 Å². The molecule has 0 amide bonds. The van der Waals surface area contributed by atoms with E-state index in [2.05, 4.69) is 11.4 Å². The third kappa shape index (κ3) is 2.37. The van der Waals surface area contributed by atoms with E-state index in [4.69, 9.17) is 0 Å². The van der Waals surface area contributed by atoms with Gasteiger partial charge in [-0.15, -0.1) is 0 Å². The normalized spacial score (nSPS) is 20.9. The molecule has 0 radical (unpaired) electrons. The van der Waals surface area contributed by atoms with Crippen molar-refractivity contribution in [2.24, 2.45) is 0 Å². The van der Waals surface area contributed by atoms with E-state index in [0.717, 1.165) is 29.7 Å². The summed E-state index contributed by atoms with van der Waals surface area (Å²) in [4.78, 5) is 0. The van der Waals surface area contributed by atoms with Crippen molar-refractivity contribution in [3.63, 3.8) is 0 Å². The van der Waals surface area contributed by atoms with Crippen LogP contribution in [0.5, 0.6) is 0 Å². The minimum atomic E-state index is -0.0406. The third-order valence-electron chi connectivity index (χ3n) is 3.18. The lowest BCUT2D eigenvalue weighted by Crippen LogP contribution is -2.24. The average molecular weight is 207 g/mol. The Morgan fingerprint density at radius 3 is 2.80 bits per heavy atom. The molecule has 1 unspecified atom stereocenters. The van der Waals surface area contributed by atoms with E-state index in [9.17, 15) is 4.39 Å². The fraction of sp³-hybridized carbons (Fsp3) is 0.538. The van der Waals surface area contributed by atoms with Crippen LogP contribution in [-0.2, 0) is 6.42 Å². The van der Waals surface area contributed by atoms with Gasteiger partial charge in [0.05, 0.1) is 0 Å². The number of halogens is 1. The smallest absolute Gasteiger partial charge is 0.126 e. The number of benzene rings is 1. The van der Waals surface area contributed by atoms with Crippen LogP contribution in [0.1, 0.15) is 29.5 Å². The molecule has 1 fully saturated rings. The van der Waals surface area contributed by atoms with Gasteiger partial charge in [0.2, 0.25) is 0 Å². The third-order valence-corrected chi connectivity index (χ3v) is 3.18. The van der Waals surface area contributed by atoms with Crippen molar-refractivity contribution in [1.29, 1.82) is 0 Å². The lowest BCUT2D eigenvalue weighted by molar-refractivity contribution is 0.557. The summed E-state index contributed by atoms with van der Waals surface area (Å²) in [6, 6.07) is 4.17. The van der Waals surface area contributed by atoms with Gasteiger partial charge in [0.1, 0.15) is 5.82 Å². The van der Waals surface area contributed by atoms with Crippen LogP contribution in [0, 0.1) is 19.7 Å². The van der Waals surface area contributed by atoms with Crippen LogP contribution in [0.2, 0.25) is 0 Å². The van der Waals surface area contributed by atoms with Crippen molar-refractivity contribution in [1.82, 2.24) is 5.32 Å². The second-order valence-electron chi connectivity index (χ2n) is 4.54. The van der Waals surface area contributed by atoms with E-state index in [1.807, 2.05) is 13.8 Å². The molecule has 0 aliphatic carbocycles. The predicted molar refractivity (Wildman–Crippen MR) is 60.6 cm³/mol. The summed E-state index contributed by atoms with van der Waals surface area (Å²) < 4.78 is 13.7. The first-order chi connectivity index (χ1) is 7.16. The topological polar surface area (TPSA) is 12.0 Å². The number of aryl methyl sites for hydroxylation is 2. The van der Waals surface area contributed by atoms with E-state index >= 15 is 0 Å². The molecule has 1 aromatic rings. The highest BCUT2D eigenvalue weighted by molar-refractivity contribution is 5.32. The highest BCUT2D eigenvalue weighted by Gasteiger charge is 2.17. The Kier molecular flexibility index (Phi) is 3.06. The number of hydrogen-bond acceptors (Lipinski definition) is 1. The van der Waals surface area contributed by atoms with Crippen molar-refractivity contribution >= 4 is 0 Å². The first kappa shape index (κ1) is 10.6. The second-order valence-corrected chi connectivity index (χ2v) is 4.54. The monoisotopic (exact) mass is 207 g/mol. The molecule has 1 aliphatic heterocycles. The van der Waals surface area contributed by atoms with Crippen molar-refractivity contribution < 1.29 is 4.39 Å². The van der Waals surface area contributed by atoms with Crippen LogP contribution >= 0.6 is 0 Å². The molecule has 1 aliphatic rings. The minimum Gasteiger partial charge on any atom is -0.314 e. The van der Waals surface area contributed by atoms with E-state index < -0.39 is 0 Å². The number of hydrogen-bond donors (Lipinski definition) is 1. The molecular weight excluding hydrogens is 189 g/mol. The molecule has 2 rings (SSSR count). The van der Waals surface area contributed by atoms with Gasteiger partial charge >= 0.3 is 0 Å². The molecule has 1 N–H and O–H groups in total. The Morgan fingerprint density at radius 2 is 2.20 bits per heavy atom. The maximum absolute atomic E-state index is 13.7. The van der Waals surface area contributed by atoms with Crippen LogP contribution < -0.4 is 5.32 Å². The molecule has 1 saturated heterocycles. The summed E-state index contributed by atoms with van der Waals surface area (Å²) in [7, 11) is 0. The maximum atomic E-state index is 13.7. The van der Waals surface area contributed by atoms with Crippen LogP contribution in [0.25, 0.3) is 0 Å². The van der Waals surface area contributed by atoms with E-state index in [-0.39, 0.29) is 5.82 Å². The molecule has 0 aromatic heterocycles. The van der Waals surface area contributed by atoms with Gasteiger partial charge in [0.25, 0.3) is 0 Å². The lowest BCUT2D eigenvalue weighted by Gasteiger charge is -2.13. The summed E-state index contributed by atoms with van der Waals surface area (Å²) in [6.07, 6.45) is 3.22. The van der Waals surface area contributed by atoms with Crippen molar-refractivity contribution in [3.05, 3.63) is 34.6 Å². The van der Waals surface area contributed by atoms with Gasteiger partial charge < -0.3 is 5.32 Å². The zero-order chi connectivity index (χ0) is 10.8. The Bertz CT molecular complexity index is 331. The van der Waals surface area contributed by atoms with E-state index in [1.165, 1.54) is 12.8 Å². The molecule has 1 aromatic carbocycles. The predicted octanol–water partition coefficient (Wildman–Crippen LogP) is 2.74. The maximum Gasteiger partial charge on any atom is 0.126 e. The fourth-order valence-corrected chi connectivity index (χ4v) is 2.38. The summed E-state index contributed by atoms with van der Waals surface area (Å²) in [5.41, 5.74) is 2.98. The summed E-state index contributed by atoms with van der Waals surface area (Å²) >= 11 is 0. The SMILES string of the molecule is Cc1cc(C)c(CC2CCCN2)c(F)c1. The Hall–Kier alpha value is -0.890. The second kappa shape index (κ2) is 4.31. The van der Waals surface area contributed by atoms with Crippen LogP contribution in [0.4, 0.5) is 4.39 Å². The first-order valence-electron chi connectivity index (χ1n) is 5.66. The molecule has 2 heteroatoms. The fourth-order valence-electron chi connectivity index (χ4n) is 2.38. The highest BCUT2D eigenvalue weighted by atomic mass is 19.1. The lowest BCUT2D eigenvalue weighted by atomic mass is 9.98. The molecule has 1 heterocycles. The van der Waals surface area contributed by atoms with Gasteiger partial charge in [-0.1, -0.05) is 6.07 Å². The molecule has 0 bridgehead atoms. The van der Waals surface area contributed by atoms with Gasteiger partial charge in [0, 0.05) is 6.04 Å². The van der Waals surface area contributed by atoms with Crippen molar-refractivity contribution in [2.45, 2.75) is 39.2 Å². The molecule has 15 heavy (non-hydrogen) atoms. The van der Waals surface area contributed by atoms with Gasteiger partial charge in [-0.25, -0.2) is 4.39 Å². The summed E-state index contributed by atoms with van der Waals surface area (Å²) in [5, 5.41) is 3.41. The van der Waals surface area contributed by atoms with Crippen LogP contribution in [0.3, 0.4) is 0 Å². The van der Waals surface area contributed by atoms with Crippen molar-refractivity contribution in [3.8, 4) is 0 Å². The van der Waals surface area contributed by atoms with E-state index in [1.54, 1.807) is 6.07 Å². The van der Waals surface area contributed by atoms with Crippen LogP contribution in [0.15, 0.2) is 12.1 Å². The number of nitrogens with one attached hydrogen (secondary N) is 1. The zero-order valence-electron chi connectivity index (χ0n) is 9.44. The number of rotatable bonds is 2. The average Bonchev–Trinajstić information content (AvgIpc) is 2.63. The Labute approximate surface area is 90.7 Å². The molecule has 0 spiro atoms. The highest BCUT2D eigenvalue weighted by Crippen LogP contribution is 2.20. The van der Waals surface area contributed by atoms with E-state index in [0.29, 0.717) is 6.04 Å². The first-order valence-corrected chi connectivity index (χ1v) is 5.66. The molecular formula is C13H18FN. The minimum absolute atomic E-state index is 0.0406.